The van der Waals surface area contributed by atoms with Gasteiger partial charge in [0.2, 0.25) is 17.7 Å². The monoisotopic (exact) mass is 452 g/mol. The molecule has 0 heterocycles. The Kier molecular flexibility index (Phi) is 11.1. The van der Waals surface area contributed by atoms with E-state index in [2.05, 4.69) is 28.6 Å². The summed E-state index contributed by atoms with van der Waals surface area (Å²) < 4.78 is 0. The Labute approximate surface area is 187 Å². The molecule has 1 rings (SSSR count). The van der Waals surface area contributed by atoms with E-state index >= 15 is 0 Å². The number of carbonyl (C=O) groups excluding carboxylic acids is 3. The lowest BCUT2D eigenvalue weighted by Gasteiger charge is -2.27. The van der Waals surface area contributed by atoms with E-state index in [1.165, 1.54) is 6.92 Å². The molecule has 0 fully saturated rings. The first kappa shape index (κ1) is 26.4. The van der Waals surface area contributed by atoms with E-state index in [9.17, 15) is 19.2 Å². The molecule has 10 heteroatoms. The predicted octanol–water partition coefficient (Wildman–Crippen LogP) is 0.0912. The highest BCUT2D eigenvalue weighted by atomic mass is 32.1. The molecule has 1 aromatic carbocycles. The predicted molar refractivity (Wildman–Crippen MR) is 121 cm³/mol. The molecular formula is C21H32N4O5S. The van der Waals surface area contributed by atoms with Crippen molar-refractivity contribution < 1.29 is 24.3 Å². The second-order valence-electron chi connectivity index (χ2n) is 7.48. The summed E-state index contributed by atoms with van der Waals surface area (Å²) in [5.41, 5.74) is 6.85. The quantitative estimate of drug-likeness (QED) is 0.247. The molecule has 0 bridgehead atoms. The molecule has 6 N–H and O–H groups in total. The average Bonchev–Trinajstić information content (AvgIpc) is 2.75. The van der Waals surface area contributed by atoms with Crippen LogP contribution in [0.1, 0.15) is 32.8 Å². The zero-order chi connectivity index (χ0) is 23.6. The first-order chi connectivity index (χ1) is 14.6. The number of aliphatic carboxylic acids is 1. The third-order valence-corrected chi connectivity index (χ3v) is 5.34. The van der Waals surface area contributed by atoms with Gasteiger partial charge < -0.3 is 26.8 Å². The second kappa shape index (κ2) is 13.0. The fourth-order valence-corrected chi connectivity index (χ4v) is 3.01. The topological polar surface area (TPSA) is 151 Å². The summed E-state index contributed by atoms with van der Waals surface area (Å²) in [7, 11) is 0. The summed E-state index contributed by atoms with van der Waals surface area (Å²) in [4.78, 5) is 48.7. The van der Waals surface area contributed by atoms with Crippen LogP contribution in [0.15, 0.2) is 30.3 Å². The van der Waals surface area contributed by atoms with Gasteiger partial charge in [0.15, 0.2) is 0 Å². The number of nitrogens with one attached hydrogen (secondary N) is 3. The normalized spacial score (nSPS) is 15.6. The number of hydrogen-bond acceptors (Lipinski definition) is 6. The van der Waals surface area contributed by atoms with Gasteiger partial charge >= 0.3 is 5.97 Å². The Hall–Kier alpha value is -2.59. The van der Waals surface area contributed by atoms with Crippen molar-refractivity contribution in [1.82, 2.24) is 16.0 Å². The maximum absolute atomic E-state index is 12.7. The third-order valence-electron chi connectivity index (χ3n) is 4.97. The minimum absolute atomic E-state index is 0.00396. The first-order valence-corrected chi connectivity index (χ1v) is 10.8. The SMILES string of the molecule is CCC(C)C(NC(=O)C(CS)NC(=O)C(N)Cc1ccccc1)C(=O)NC(C)C(=O)O. The molecule has 0 aliphatic carbocycles. The maximum Gasteiger partial charge on any atom is 0.325 e. The van der Waals surface area contributed by atoms with Crippen LogP contribution in [-0.4, -0.2) is 58.7 Å². The van der Waals surface area contributed by atoms with Crippen LogP contribution in [0.4, 0.5) is 0 Å². The van der Waals surface area contributed by atoms with Crippen molar-refractivity contribution in [2.45, 2.75) is 57.8 Å². The summed E-state index contributed by atoms with van der Waals surface area (Å²) in [6.07, 6.45) is 0.873. The third kappa shape index (κ3) is 8.58. The van der Waals surface area contributed by atoms with Crippen LogP contribution in [0, 0.1) is 5.92 Å². The van der Waals surface area contributed by atoms with Crippen LogP contribution in [0.5, 0.6) is 0 Å². The van der Waals surface area contributed by atoms with Gasteiger partial charge in [-0.2, -0.15) is 12.6 Å². The number of nitrogens with two attached hydrogens (primary N) is 1. The van der Waals surface area contributed by atoms with Gasteiger partial charge in [0.05, 0.1) is 6.04 Å². The average molecular weight is 453 g/mol. The van der Waals surface area contributed by atoms with Gasteiger partial charge in [0.1, 0.15) is 18.1 Å². The number of amides is 3. The van der Waals surface area contributed by atoms with E-state index in [1.807, 2.05) is 37.3 Å². The van der Waals surface area contributed by atoms with E-state index < -0.39 is 47.9 Å². The fourth-order valence-electron chi connectivity index (χ4n) is 2.75. The lowest BCUT2D eigenvalue weighted by molar-refractivity contribution is -0.142. The molecule has 5 atom stereocenters. The van der Waals surface area contributed by atoms with Gasteiger partial charge in [-0.05, 0) is 24.8 Å². The molecule has 31 heavy (non-hydrogen) atoms. The number of carboxylic acid groups (broad SMARTS) is 1. The molecule has 0 spiro atoms. The molecular weight excluding hydrogens is 420 g/mol. The van der Waals surface area contributed by atoms with Gasteiger partial charge in [-0.3, -0.25) is 19.2 Å². The number of benzene rings is 1. The highest BCUT2D eigenvalue weighted by molar-refractivity contribution is 7.80. The summed E-state index contributed by atoms with van der Waals surface area (Å²) in [6.45, 7) is 4.94. The highest BCUT2D eigenvalue weighted by Gasteiger charge is 2.31. The summed E-state index contributed by atoms with van der Waals surface area (Å²) >= 11 is 4.13. The Morgan fingerprint density at radius 3 is 2.13 bits per heavy atom. The zero-order valence-electron chi connectivity index (χ0n) is 18.0. The Morgan fingerprint density at radius 1 is 1.00 bits per heavy atom. The van der Waals surface area contributed by atoms with Crippen LogP contribution in [0.2, 0.25) is 0 Å². The Bertz CT molecular complexity index is 761. The molecule has 0 aliphatic heterocycles. The summed E-state index contributed by atoms with van der Waals surface area (Å²) in [5.74, 6) is -3.17. The smallest absolute Gasteiger partial charge is 0.325 e. The van der Waals surface area contributed by atoms with E-state index in [4.69, 9.17) is 10.8 Å². The van der Waals surface area contributed by atoms with Crippen LogP contribution in [-0.2, 0) is 25.6 Å². The van der Waals surface area contributed by atoms with E-state index in [0.717, 1.165) is 5.56 Å². The van der Waals surface area contributed by atoms with E-state index in [-0.39, 0.29) is 11.7 Å². The van der Waals surface area contributed by atoms with Gasteiger partial charge in [0.25, 0.3) is 0 Å². The van der Waals surface area contributed by atoms with Gasteiger partial charge in [0, 0.05) is 5.75 Å². The van der Waals surface area contributed by atoms with Crippen molar-refractivity contribution in [3.8, 4) is 0 Å². The van der Waals surface area contributed by atoms with E-state index in [0.29, 0.717) is 12.8 Å². The van der Waals surface area contributed by atoms with Gasteiger partial charge in [-0.25, -0.2) is 0 Å². The highest BCUT2D eigenvalue weighted by Crippen LogP contribution is 2.09. The Balaban J connectivity index is 2.79. The molecule has 5 unspecified atom stereocenters. The first-order valence-electron chi connectivity index (χ1n) is 10.1. The number of rotatable bonds is 12. The van der Waals surface area contributed by atoms with Crippen molar-refractivity contribution in [3.05, 3.63) is 35.9 Å². The number of carbonyl (C=O) groups is 4. The molecule has 0 radical (unpaired) electrons. The number of hydrogen-bond donors (Lipinski definition) is 6. The number of thiol groups is 1. The van der Waals surface area contributed by atoms with Crippen molar-refractivity contribution in [3.63, 3.8) is 0 Å². The summed E-state index contributed by atoms with van der Waals surface area (Å²) in [5, 5.41) is 16.5. The summed E-state index contributed by atoms with van der Waals surface area (Å²) in [6, 6.07) is 5.31. The van der Waals surface area contributed by atoms with Crippen LogP contribution < -0.4 is 21.7 Å². The molecule has 0 saturated heterocycles. The molecule has 0 aliphatic rings. The largest absolute Gasteiger partial charge is 0.480 e. The molecule has 172 valence electrons. The van der Waals surface area contributed by atoms with Gasteiger partial charge in [-0.1, -0.05) is 50.6 Å². The molecule has 3 amide bonds. The van der Waals surface area contributed by atoms with Crippen LogP contribution >= 0.6 is 12.6 Å². The minimum Gasteiger partial charge on any atom is -0.480 e. The van der Waals surface area contributed by atoms with Crippen molar-refractivity contribution in [2.24, 2.45) is 11.7 Å². The van der Waals surface area contributed by atoms with E-state index in [1.54, 1.807) is 6.92 Å². The van der Waals surface area contributed by atoms with Crippen molar-refractivity contribution in [2.75, 3.05) is 5.75 Å². The fraction of sp³-hybridized carbons (Fsp3) is 0.524. The Morgan fingerprint density at radius 2 is 1.61 bits per heavy atom. The van der Waals surface area contributed by atoms with Gasteiger partial charge in [-0.15, -0.1) is 0 Å². The standard InChI is InChI=1S/C21H32N4O5S/c1-4-12(2)17(20(28)23-13(3)21(29)30)25-19(27)16(11-31)24-18(26)15(22)10-14-8-6-5-7-9-14/h5-9,12-13,15-17,31H,4,10-11,22H2,1-3H3,(H,23,28)(H,24,26)(H,25,27)(H,29,30). The maximum atomic E-state index is 12.7. The molecule has 0 saturated carbocycles. The number of carboxylic acids is 1. The van der Waals surface area contributed by atoms with Crippen molar-refractivity contribution >= 4 is 36.3 Å². The van der Waals surface area contributed by atoms with Crippen LogP contribution in [0.3, 0.4) is 0 Å². The second-order valence-corrected chi connectivity index (χ2v) is 7.85. The zero-order valence-corrected chi connectivity index (χ0v) is 18.9. The minimum atomic E-state index is -1.18. The molecule has 1 aromatic rings. The van der Waals surface area contributed by atoms with Crippen LogP contribution in [0.25, 0.3) is 0 Å². The molecule has 9 nitrogen and oxygen atoms in total. The lowest BCUT2D eigenvalue weighted by Crippen LogP contribution is -2.59. The molecule has 0 aromatic heterocycles. The lowest BCUT2D eigenvalue weighted by atomic mass is 9.97. The van der Waals surface area contributed by atoms with Crippen molar-refractivity contribution in [1.29, 1.82) is 0 Å².